The van der Waals surface area contributed by atoms with Crippen molar-refractivity contribution in [3.8, 4) is 11.5 Å². The van der Waals surface area contributed by atoms with Gasteiger partial charge in [0.25, 0.3) is 0 Å². The van der Waals surface area contributed by atoms with Gasteiger partial charge in [0.15, 0.2) is 0 Å². The highest BCUT2D eigenvalue weighted by Gasteiger charge is 2.12. The van der Waals surface area contributed by atoms with Crippen LogP contribution in [0.5, 0.6) is 11.5 Å². The molecule has 0 atom stereocenters. The maximum Gasteiger partial charge on any atom is 0.339 e. The summed E-state index contributed by atoms with van der Waals surface area (Å²) in [6.45, 7) is 0.494. The number of carboxylic acids is 1. The number of thioether (sulfide) groups is 1. The SMILES string of the molecule is COc1ccc(OCCSC)c(C(=O)O)c1. The van der Waals surface area contributed by atoms with Crippen LogP contribution >= 0.6 is 11.8 Å². The molecule has 1 aromatic rings. The molecule has 0 saturated carbocycles. The van der Waals surface area contributed by atoms with Crippen molar-refractivity contribution in [2.45, 2.75) is 0 Å². The number of hydrogen-bond donors (Lipinski definition) is 1. The van der Waals surface area contributed by atoms with E-state index >= 15 is 0 Å². The molecule has 16 heavy (non-hydrogen) atoms. The van der Waals surface area contributed by atoms with Gasteiger partial charge in [-0.25, -0.2) is 4.79 Å². The summed E-state index contributed by atoms with van der Waals surface area (Å²) in [4.78, 5) is 11.0. The minimum atomic E-state index is -1.02. The zero-order valence-corrected chi connectivity index (χ0v) is 10.0. The predicted molar refractivity (Wildman–Crippen MR) is 63.8 cm³/mol. The quantitative estimate of drug-likeness (QED) is 0.774. The Bertz CT molecular complexity index is 365. The van der Waals surface area contributed by atoms with E-state index in [1.54, 1.807) is 23.9 Å². The molecule has 0 aromatic heterocycles. The Morgan fingerprint density at radius 2 is 2.25 bits per heavy atom. The second-order valence-electron chi connectivity index (χ2n) is 3.01. The minimum absolute atomic E-state index is 0.125. The molecule has 5 heteroatoms. The molecule has 0 amide bonds. The average Bonchev–Trinajstić information content (AvgIpc) is 2.29. The summed E-state index contributed by atoms with van der Waals surface area (Å²) in [5, 5.41) is 9.00. The van der Waals surface area contributed by atoms with Crippen molar-refractivity contribution in [2.24, 2.45) is 0 Å². The third-order valence-corrected chi connectivity index (χ3v) is 2.54. The molecular formula is C11H14O4S. The smallest absolute Gasteiger partial charge is 0.339 e. The molecule has 0 aliphatic heterocycles. The fourth-order valence-corrected chi connectivity index (χ4v) is 1.41. The standard InChI is InChI=1S/C11H14O4S/c1-14-8-3-4-10(15-5-6-16-2)9(7-8)11(12)13/h3-4,7H,5-6H2,1-2H3,(H,12,13). The van der Waals surface area contributed by atoms with Gasteiger partial charge in [-0.1, -0.05) is 0 Å². The Morgan fingerprint density at radius 3 is 2.81 bits per heavy atom. The van der Waals surface area contributed by atoms with E-state index in [2.05, 4.69) is 0 Å². The Kier molecular flexibility index (Phi) is 4.98. The van der Waals surface area contributed by atoms with Crippen LogP contribution in [-0.4, -0.2) is 36.8 Å². The number of aromatic carboxylic acids is 1. The monoisotopic (exact) mass is 242 g/mol. The molecule has 0 saturated heterocycles. The molecule has 0 spiro atoms. The molecule has 0 unspecified atom stereocenters. The van der Waals surface area contributed by atoms with Crippen LogP contribution in [0, 0.1) is 0 Å². The first-order valence-electron chi connectivity index (χ1n) is 4.72. The zero-order valence-electron chi connectivity index (χ0n) is 9.23. The summed E-state index contributed by atoms with van der Waals surface area (Å²) >= 11 is 1.65. The first kappa shape index (κ1) is 12.7. The summed E-state index contributed by atoms with van der Waals surface area (Å²) in [7, 11) is 1.50. The van der Waals surface area contributed by atoms with Crippen LogP contribution in [-0.2, 0) is 0 Å². The lowest BCUT2D eigenvalue weighted by atomic mass is 10.2. The molecule has 1 N–H and O–H groups in total. The highest BCUT2D eigenvalue weighted by Crippen LogP contribution is 2.24. The largest absolute Gasteiger partial charge is 0.497 e. The maximum atomic E-state index is 11.0. The second-order valence-corrected chi connectivity index (χ2v) is 3.99. The van der Waals surface area contributed by atoms with Crippen LogP contribution in [0.25, 0.3) is 0 Å². The van der Waals surface area contributed by atoms with E-state index < -0.39 is 5.97 Å². The Balaban J connectivity index is 2.85. The molecular weight excluding hydrogens is 228 g/mol. The van der Waals surface area contributed by atoms with Crippen LogP contribution in [0.1, 0.15) is 10.4 Å². The van der Waals surface area contributed by atoms with E-state index in [1.807, 2.05) is 6.26 Å². The van der Waals surface area contributed by atoms with Gasteiger partial charge in [0.1, 0.15) is 17.1 Å². The molecule has 0 aliphatic rings. The molecule has 0 fully saturated rings. The predicted octanol–water partition coefficient (Wildman–Crippen LogP) is 2.14. The fourth-order valence-electron chi connectivity index (χ4n) is 1.16. The van der Waals surface area contributed by atoms with Gasteiger partial charge in [-0.2, -0.15) is 11.8 Å². The lowest BCUT2D eigenvalue weighted by molar-refractivity contribution is 0.0692. The summed E-state index contributed by atoms with van der Waals surface area (Å²) < 4.78 is 10.3. The van der Waals surface area contributed by atoms with Gasteiger partial charge in [-0.05, 0) is 24.5 Å². The molecule has 88 valence electrons. The second kappa shape index (κ2) is 6.27. The summed E-state index contributed by atoms with van der Waals surface area (Å²) in [5.41, 5.74) is 0.125. The fraction of sp³-hybridized carbons (Fsp3) is 0.364. The first-order valence-corrected chi connectivity index (χ1v) is 6.11. The molecule has 0 bridgehead atoms. The number of ether oxygens (including phenoxy) is 2. The van der Waals surface area contributed by atoms with Gasteiger partial charge in [0.05, 0.1) is 13.7 Å². The van der Waals surface area contributed by atoms with Crippen molar-refractivity contribution in [1.82, 2.24) is 0 Å². The molecule has 0 radical (unpaired) electrons. The average molecular weight is 242 g/mol. The molecule has 0 aliphatic carbocycles. The molecule has 1 rings (SSSR count). The third-order valence-electron chi connectivity index (χ3n) is 1.96. The summed E-state index contributed by atoms with van der Waals surface area (Å²) in [6, 6.07) is 4.75. The minimum Gasteiger partial charge on any atom is -0.497 e. The first-order chi connectivity index (χ1) is 7.69. The number of carbonyl (C=O) groups is 1. The van der Waals surface area contributed by atoms with E-state index in [-0.39, 0.29) is 5.56 Å². The molecule has 0 heterocycles. The highest BCUT2D eigenvalue weighted by molar-refractivity contribution is 7.98. The summed E-state index contributed by atoms with van der Waals surface area (Å²) in [6.07, 6.45) is 1.97. The van der Waals surface area contributed by atoms with Gasteiger partial charge in [-0.15, -0.1) is 0 Å². The van der Waals surface area contributed by atoms with Crippen LogP contribution in [0.4, 0.5) is 0 Å². The van der Waals surface area contributed by atoms with E-state index in [1.165, 1.54) is 13.2 Å². The number of methoxy groups -OCH3 is 1. The third kappa shape index (κ3) is 3.34. The molecule has 4 nitrogen and oxygen atoms in total. The van der Waals surface area contributed by atoms with E-state index in [4.69, 9.17) is 14.6 Å². The lowest BCUT2D eigenvalue weighted by Crippen LogP contribution is -2.06. The number of benzene rings is 1. The topological polar surface area (TPSA) is 55.8 Å². The number of rotatable bonds is 6. The van der Waals surface area contributed by atoms with E-state index in [9.17, 15) is 4.79 Å². The van der Waals surface area contributed by atoms with Gasteiger partial charge in [-0.3, -0.25) is 0 Å². The van der Waals surface area contributed by atoms with Crippen LogP contribution in [0.15, 0.2) is 18.2 Å². The lowest BCUT2D eigenvalue weighted by Gasteiger charge is -2.09. The van der Waals surface area contributed by atoms with E-state index in [0.29, 0.717) is 18.1 Å². The van der Waals surface area contributed by atoms with Crippen LogP contribution < -0.4 is 9.47 Å². The van der Waals surface area contributed by atoms with E-state index in [0.717, 1.165) is 5.75 Å². The Hall–Kier alpha value is -1.36. The Morgan fingerprint density at radius 1 is 1.50 bits per heavy atom. The van der Waals surface area contributed by atoms with Gasteiger partial charge < -0.3 is 14.6 Å². The maximum absolute atomic E-state index is 11.0. The van der Waals surface area contributed by atoms with Crippen molar-refractivity contribution >= 4 is 17.7 Å². The number of hydrogen-bond acceptors (Lipinski definition) is 4. The zero-order chi connectivity index (χ0) is 12.0. The van der Waals surface area contributed by atoms with Crippen molar-refractivity contribution in [1.29, 1.82) is 0 Å². The normalized spacial score (nSPS) is 9.88. The van der Waals surface area contributed by atoms with Gasteiger partial charge in [0.2, 0.25) is 0 Å². The van der Waals surface area contributed by atoms with Crippen molar-refractivity contribution < 1.29 is 19.4 Å². The highest BCUT2D eigenvalue weighted by atomic mass is 32.2. The number of carboxylic acid groups (broad SMARTS) is 1. The summed E-state index contributed by atoms with van der Waals surface area (Å²) in [5.74, 6) is 0.695. The van der Waals surface area contributed by atoms with Gasteiger partial charge >= 0.3 is 5.97 Å². The Labute approximate surface area is 98.6 Å². The van der Waals surface area contributed by atoms with Crippen molar-refractivity contribution in [3.63, 3.8) is 0 Å². The van der Waals surface area contributed by atoms with Crippen LogP contribution in [0.3, 0.4) is 0 Å². The van der Waals surface area contributed by atoms with Crippen molar-refractivity contribution in [2.75, 3.05) is 25.7 Å². The van der Waals surface area contributed by atoms with Crippen LogP contribution in [0.2, 0.25) is 0 Å². The molecule has 1 aromatic carbocycles. The van der Waals surface area contributed by atoms with Crippen molar-refractivity contribution in [3.05, 3.63) is 23.8 Å². The van der Waals surface area contributed by atoms with Gasteiger partial charge in [0, 0.05) is 5.75 Å².